The van der Waals surface area contributed by atoms with Crippen molar-refractivity contribution < 1.29 is 14.5 Å². The van der Waals surface area contributed by atoms with Crippen LogP contribution in [0.2, 0.25) is 0 Å². The fourth-order valence-corrected chi connectivity index (χ4v) is 4.36. The number of nitrogens with zero attached hydrogens (tertiary/aromatic N) is 3. The maximum absolute atomic E-state index is 12.5. The number of carbonyl (C=O) groups excluding carboxylic acids is 2. The number of anilines is 1. The third-order valence-corrected chi connectivity index (χ3v) is 6.26. The lowest BCUT2D eigenvalue weighted by atomic mass is 9.86. The molecule has 1 heterocycles. The van der Waals surface area contributed by atoms with Crippen LogP contribution in [0.15, 0.2) is 18.2 Å². The van der Waals surface area contributed by atoms with E-state index in [4.69, 9.17) is 0 Å². The van der Waals surface area contributed by atoms with E-state index in [1.54, 1.807) is 13.0 Å². The second-order valence-electron chi connectivity index (χ2n) is 8.49. The van der Waals surface area contributed by atoms with Crippen LogP contribution in [0.5, 0.6) is 0 Å². The lowest BCUT2D eigenvalue weighted by Crippen LogP contribution is -2.49. The Hall–Kier alpha value is -2.48. The zero-order valence-corrected chi connectivity index (χ0v) is 17.8. The number of piperazine rings is 1. The van der Waals surface area contributed by atoms with Crippen LogP contribution >= 0.6 is 0 Å². The number of non-ortho nitro benzene ring substituents is 1. The summed E-state index contributed by atoms with van der Waals surface area (Å²) in [4.78, 5) is 39.4. The third kappa shape index (κ3) is 6.26. The highest BCUT2D eigenvalue weighted by atomic mass is 16.6. The molecule has 0 radical (unpaired) electrons. The second-order valence-corrected chi connectivity index (χ2v) is 8.49. The summed E-state index contributed by atoms with van der Waals surface area (Å²) in [5, 5.41) is 13.7. The van der Waals surface area contributed by atoms with Crippen molar-refractivity contribution in [2.24, 2.45) is 5.92 Å². The number of nitrogens with one attached hydrogen (secondary N) is 1. The number of rotatable bonds is 7. The summed E-state index contributed by atoms with van der Waals surface area (Å²) in [7, 11) is 0. The zero-order chi connectivity index (χ0) is 21.5. The van der Waals surface area contributed by atoms with Crippen LogP contribution in [0.1, 0.15) is 50.5 Å². The summed E-state index contributed by atoms with van der Waals surface area (Å²) in [6, 6.07) is 4.42. The molecule has 0 aromatic heterocycles. The van der Waals surface area contributed by atoms with Gasteiger partial charge < -0.3 is 10.2 Å². The zero-order valence-electron chi connectivity index (χ0n) is 17.8. The lowest BCUT2D eigenvalue weighted by Gasteiger charge is -2.35. The van der Waals surface area contributed by atoms with Gasteiger partial charge in [0, 0.05) is 63.4 Å². The second kappa shape index (κ2) is 10.5. The third-order valence-electron chi connectivity index (χ3n) is 6.26. The van der Waals surface area contributed by atoms with Crippen LogP contribution in [0.3, 0.4) is 0 Å². The van der Waals surface area contributed by atoms with E-state index in [2.05, 4.69) is 10.2 Å². The van der Waals surface area contributed by atoms with E-state index in [0.29, 0.717) is 36.6 Å². The van der Waals surface area contributed by atoms with Gasteiger partial charge in [-0.3, -0.25) is 24.6 Å². The molecule has 1 N–H and O–H groups in total. The summed E-state index contributed by atoms with van der Waals surface area (Å²) in [6.07, 6.45) is 7.24. The van der Waals surface area contributed by atoms with Crippen molar-refractivity contribution in [3.05, 3.63) is 33.9 Å². The summed E-state index contributed by atoms with van der Waals surface area (Å²) in [5.74, 6) is 0.742. The van der Waals surface area contributed by atoms with Crippen LogP contribution in [-0.2, 0) is 9.59 Å². The molecule has 1 aromatic carbocycles. The topological polar surface area (TPSA) is 95.8 Å². The van der Waals surface area contributed by atoms with Gasteiger partial charge in [0.1, 0.15) is 0 Å². The molecule has 2 amide bonds. The van der Waals surface area contributed by atoms with Crippen molar-refractivity contribution in [2.75, 3.05) is 38.0 Å². The SMILES string of the molecule is Cc1cc([N+](=O)[O-])ccc1NC(=O)CCN1CCN(C(=O)CC2CCCCC2)CC1. The smallest absolute Gasteiger partial charge is 0.269 e. The molecule has 2 aliphatic rings. The summed E-state index contributed by atoms with van der Waals surface area (Å²) >= 11 is 0. The Morgan fingerprint density at radius 2 is 1.83 bits per heavy atom. The van der Waals surface area contributed by atoms with Crippen molar-refractivity contribution in [1.82, 2.24) is 9.80 Å². The van der Waals surface area contributed by atoms with E-state index < -0.39 is 4.92 Å². The standard InChI is InChI=1S/C22H32N4O4/c1-17-15-19(26(29)30)7-8-20(17)23-21(27)9-10-24-11-13-25(14-12-24)22(28)16-18-5-3-2-4-6-18/h7-8,15,18H,2-6,9-14,16H2,1H3,(H,23,27). The van der Waals surface area contributed by atoms with Gasteiger partial charge in [0.15, 0.2) is 0 Å². The molecule has 3 rings (SSSR count). The molecule has 0 atom stereocenters. The summed E-state index contributed by atoms with van der Waals surface area (Å²) in [5.41, 5.74) is 1.28. The maximum atomic E-state index is 12.5. The van der Waals surface area contributed by atoms with E-state index >= 15 is 0 Å². The van der Waals surface area contributed by atoms with Crippen LogP contribution < -0.4 is 5.32 Å². The molecule has 8 nitrogen and oxygen atoms in total. The van der Waals surface area contributed by atoms with Gasteiger partial charge in [-0.15, -0.1) is 0 Å². The minimum absolute atomic E-state index is 0.0152. The Morgan fingerprint density at radius 3 is 2.47 bits per heavy atom. The predicted molar refractivity (Wildman–Crippen MR) is 115 cm³/mol. The number of carbonyl (C=O) groups is 2. The number of nitro benzene ring substituents is 1. The molecule has 1 saturated heterocycles. The van der Waals surface area contributed by atoms with Crippen molar-refractivity contribution in [1.29, 1.82) is 0 Å². The molecule has 164 valence electrons. The molecule has 1 aliphatic carbocycles. The molecule has 1 aromatic rings. The Morgan fingerprint density at radius 1 is 1.13 bits per heavy atom. The highest BCUT2D eigenvalue weighted by molar-refractivity contribution is 5.91. The first-order chi connectivity index (χ1) is 14.4. The molecular formula is C22H32N4O4. The lowest BCUT2D eigenvalue weighted by molar-refractivity contribution is -0.384. The Labute approximate surface area is 177 Å². The van der Waals surface area contributed by atoms with Gasteiger partial charge in [0.2, 0.25) is 11.8 Å². The number of benzene rings is 1. The summed E-state index contributed by atoms with van der Waals surface area (Å²) in [6.45, 7) is 5.43. The highest BCUT2D eigenvalue weighted by Crippen LogP contribution is 2.27. The van der Waals surface area contributed by atoms with Gasteiger partial charge in [-0.05, 0) is 37.3 Å². The first kappa shape index (κ1) is 22.2. The van der Waals surface area contributed by atoms with E-state index in [-0.39, 0.29) is 17.5 Å². The fraction of sp³-hybridized carbons (Fsp3) is 0.636. The van der Waals surface area contributed by atoms with Crippen LogP contribution in [0.4, 0.5) is 11.4 Å². The van der Waals surface area contributed by atoms with Gasteiger partial charge in [-0.25, -0.2) is 0 Å². The quantitative estimate of drug-likeness (QED) is 0.543. The molecule has 0 unspecified atom stereocenters. The Kier molecular flexibility index (Phi) is 7.79. The highest BCUT2D eigenvalue weighted by Gasteiger charge is 2.24. The summed E-state index contributed by atoms with van der Waals surface area (Å²) < 4.78 is 0. The molecule has 0 spiro atoms. The minimum Gasteiger partial charge on any atom is -0.340 e. The maximum Gasteiger partial charge on any atom is 0.269 e. The largest absolute Gasteiger partial charge is 0.340 e. The molecule has 1 saturated carbocycles. The number of amides is 2. The van der Waals surface area contributed by atoms with Gasteiger partial charge in [-0.2, -0.15) is 0 Å². The van der Waals surface area contributed by atoms with E-state index in [0.717, 1.165) is 26.2 Å². The Bertz CT molecular complexity index is 768. The normalized spacial score (nSPS) is 18.2. The van der Waals surface area contributed by atoms with Crippen molar-refractivity contribution in [3.8, 4) is 0 Å². The average molecular weight is 417 g/mol. The van der Waals surface area contributed by atoms with Crippen LogP contribution in [-0.4, -0.2) is 59.3 Å². The molecular weight excluding hydrogens is 384 g/mol. The van der Waals surface area contributed by atoms with Gasteiger partial charge in [0.05, 0.1) is 4.92 Å². The monoisotopic (exact) mass is 416 g/mol. The van der Waals surface area contributed by atoms with Crippen molar-refractivity contribution in [2.45, 2.75) is 51.9 Å². The first-order valence-corrected chi connectivity index (χ1v) is 11.0. The van der Waals surface area contributed by atoms with Crippen molar-refractivity contribution in [3.63, 3.8) is 0 Å². The van der Waals surface area contributed by atoms with E-state index in [1.807, 2.05) is 4.90 Å². The van der Waals surface area contributed by atoms with Crippen LogP contribution in [0.25, 0.3) is 0 Å². The predicted octanol–water partition coefficient (Wildman–Crippen LogP) is 3.35. The molecule has 0 bridgehead atoms. The van der Waals surface area contributed by atoms with Gasteiger partial charge >= 0.3 is 0 Å². The average Bonchev–Trinajstić information content (AvgIpc) is 2.74. The fourth-order valence-electron chi connectivity index (χ4n) is 4.36. The molecule has 30 heavy (non-hydrogen) atoms. The Balaban J connectivity index is 1.37. The van der Waals surface area contributed by atoms with E-state index in [1.165, 1.54) is 44.2 Å². The number of hydrogen-bond acceptors (Lipinski definition) is 5. The van der Waals surface area contributed by atoms with Crippen LogP contribution in [0, 0.1) is 23.0 Å². The minimum atomic E-state index is -0.446. The van der Waals surface area contributed by atoms with E-state index in [9.17, 15) is 19.7 Å². The number of nitro groups is 1. The first-order valence-electron chi connectivity index (χ1n) is 11.0. The number of aryl methyl sites for hydroxylation is 1. The number of hydrogen-bond donors (Lipinski definition) is 1. The van der Waals surface area contributed by atoms with Crippen molar-refractivity contribution >= 4 is 23.2 Å². The molecule has 2 fully saturated rings. The molecule has 8 heteroatoms. The van der Waals surface area contributed by atoms with Gasteiger partial charge in [0.25, 0.3) is 5.69 Å². The molecule has 1 aliphatic heterocycles. The van der Waals surface area contributed by atoms with Gasteiger partial charge in [-0.1, -0.05) is 19.3 Å².